The second-order valence-corrected chi connectivity index (χ2v) is 6.79. The minimum atomic E-state index is -0.662. The molecule has 0 spiro atoms. The molecule has 2 amide bonds. The minimum absolute atomic E-state index is 0.134. The number of nitrogens with zero attached hydrogens (tertiary/aromatic N) is 2. The largest absolute Gasteiger partial charge is 0.396 e. The number of rotatable bonds is 8. The van der Waals surface area contributed by atoms with E-state index in [0.717, 1.165) is 23.9 Å². The summed E-state index contributed by atoms with van der Waals surface area (Å²) < 4.78 is 8.47. The Bertz CT molecular complexity index is 899. The molecule has 146 valence electrons. The number of amides is 2. The summed E-state index contributed by atoms with van der Waals surface area (Å²) in [7, 11) is 1.69. The van der Waals surface area contributed by atoms with E-state index < -0.39 is 11.9 Å². The van der Waals surface area contributed by atoms with Crippen molar-refractivity contribution in [3.63, 3.8) is 0 Å². The maximum atomic E-state index is 12.7. The second kappa shape index (κ2) is 8.49. The minimum Gasteiger partial charge on any atom is -0.396 e. The number of imidazole rings is 1. The van der Waals surface area contributed by atoms with Gasteiger partial charge in [0.05, 0.1) is 11.0 Å². The summed E-state index contributed by atoms with van der Waals surface area (Å²) in [4.78, 5) is 36.3. The maximum absolute atomic E-state index is 12.7. The lowest BCUT2D eigenvalue weighted by Crippen LogP contribution is -2.44. The highest BCUT2D eigenvalue weighted by molar-refractivity contribution is 6.00. The molecule has 1 saturated heterocycles. The standard InChI is InChI=1S/C19H25N3O5/c1-21-16-12-13(4-2-10-27-11-3-9-23)5-6-14(16)22(19(21)26)15-7-8-17(24)20-18(15)25/h5-6,12,15,23H,2-4,7-11H2,1H3,(H,20,24,25). The van der Waals surface area contributed by atoms with Gasteiger partial charge in [0.25, 0.3) is 0 Å². The molecule has 2 N–H and O–H groups in total. The summed E-state index contributed by atoms with van der Waals surface area (Å²) in [5.41, 5.74) is 2.29. The van der Waals surface area contributed by atoms with Crippen molar-refractivity contribution < 1.29 is 19.4 Å². The van der Waals surface area contributed by atoms with Crippen LogP contribution >= 0.6 is 0 Å². The number of hydrogen-bond acceptors (Lipinski definition) is 5. The Balaban J connectivity index is 1.78. The first-order valence-electron chi connectivity index (χ1n) is 9.25. The number of aliphatic hydroxyl groups is 1. The summed E-state index contributed by atoms with van der Waals surface area (Å²) in [6.07, 6.45) is 2.86. The zero-order chi connectivity index (χ0) is 19.4. The highest BCUT2D eigenvalue weighted by Gasteiger charge is 2.31. The fourth-order valence-corrected chi connectivity index (χ4v) is 3.44. The predicted octanol–water partition coefficient (Wildman–Crippen LogP) is 0.649. The quantitative estimate of drug-likeness (QED) is 0.521. The molecule has 0 saturated carbocycles. The number of benzene rings is 1. The smallest absolute Gasteiger partial charge is 0.329 e. The lowest BCUT2D eigenvalue weighted by Gasteiger charge is -2.21. The van der Waals surface area contributed by atoms with Crippen LogP contribution in [0, 0.1) is 0 Å². The van der Waals surface area contributed by atoms with Crippen molar-refractivity contribution in [1.82, 2.24) is 14.5 Å². The Morgan fingerprint density at radius 3 is 2.70 bits per heavy atom. The van der Waals surface area contributed by atoms with E-state index >= 15 is 0 Å². The summed E-state index contributed by atoms with van der Waals surface area (Å²) in [5.74, 6) is -0.724. The number of carbonyl (C=O) groups excluding carboxylic acids is 2. The van der Waals surface area contributed by atoms with Crippen LogP contribution in [0.3, 0.4) is 0 Å². The molecular formula is C19H25N3O5. The number of piperidine rings is 1. The molecule has 3 rings (SSSR count). The molecule has 8 nitrogen and oxygen atoms in total. The molecule has 2 heterocycles. The first kappa shape index (κ1) is 19.3. The van der Waals surface area contributed by atoms with Gasteiger partial charge in [-0.05, 0) is 43.4 Å². The Kier molecular flexibility index (Phi) is 6.08. The topological polar surface area (TPSA) is 103 Å². The van der Waals surface area contributed by atoms with E-state index in [1.165, 1.54) is 4.57 Å². The summed E-state index contributed by atoms with van der Waals surface area (Å²) in [5, 5.41) is 11.0. The normalized spacial score (nSPS) is 17.5. The molecule has 1 fully saturated rings. The van der Waals surface area contributed by atoms with Crippen LogP contribution < -0.4 is 11.0 Å². The Morgan fingerprint density at radius 2 is 1.96 bits per heavy atom. The zero-order valence-corrected chi connectivity index (χ0v) is 15.4. The lowest BCUT2D eigenvalue weighted by molar-refractivity contribution is -0.135. The molecule has 1 aromatic carbocycles. The molecule has 1 aliphatic heterocycles. The molecule has 1 aliphatic rings. The van der Waals surface area contributed by atoms with Crippen molar-refractivity contribution in [2.75, 3.05) is 19.8 Å². The van der Waals surface area contributed by atoms with E-state index in [1.54, 1.807) is 11.6 Å². The van der Waals surface area contributed by atoms with Gasteiger partial charge < -0.3 is 9.84 Å². The average molecular weight is 375 g/mol. The third kappa shape index (κ3) is 4.12. The number of ether oxygens (including phenoxy) is 1. The number of aryl methyl sites for hydroxylation is 2. The van der Waals surface area contributed by atoms with Crippen molar-refractivity contribution in [2.24, 2.45) is 7.05 Å². The van der Waals surface area contributed by atoms with Crippen molar-refractivity contribution >= 4 is 22.8 Å². The van der Waals surface area contributed by atoms with Crippen LogP contribution in [-0.4, -0.2) is 45.9 Å². The van der Waals surface area contributed by atoms with Crippen LogP contribution in [0.5, 0.6) is 0 Å². The van der Waals surface area contributed by atoms with Gasteiger partial charge in [-0.2, -0.15) is 0 Å². The number of imide groups is 1. The van der Waals surface area contributed by atoms with Gasteiger partial charge >= 0.3 is 5.69 Å². The van der Waals surface area contributed by atoms with Gasteiger partial charge in [0, 0.05) is 33.3 Å². The lowest BCUT2D eigenvalue weighted by atomic mass is 10.1. The monoisotopic (exact) mass is 375 g/mol. The van der Waals surface area contributed by atoms with E-state index in [9.17, 15) is 14.4 Å². The number of carbonyl (C=O) groups is 2. The molecule has 1 aromatic heterocycles. The van der Waals surface area contributed by atoms with Crippen molar-refractivity contribution in [1.29, 1.82) is 0 Å². The molecule has 1 unspecified atom stereocenters. The second-order valence-electron chi connectivity index (χ2n) is 6.79. The highest BCUT2D eigenvalue weighted by atomic mass is 16.5. The van der Waals surface area contributed by atoms with Gasteiger partial charge in [0.15, 0.2) is 0 Å². The first-order chi connectivity index (χ1) is 13.0. The highest BCUT2D eigenvalue weighted by Crippen LogP contribution is 2.24. The molecule has 1 atom stereocenters. The average Bonchev–Trinajstić information content (AvgIpc) is 2.89. The molecule has 0 bridgehead atoms. The molecule has 27 heavy (non-hydrogen) atoms. The van der Waals surface area contributed by atoms with E-state index in [4.69, 9.17) is 9.84 Å². The Labute approximate surface area is 156 Å². The van der Waals surface area contributed by atoms with E-state index in [0.29, 0.717) is 31.6 Å². The third-order valence-corrected chi connectivity index (χ3v) is 4.88. The number of fused-ring (bicyclic) bond motifs is 1. The van der Waals surface area contributed by atoms with Gasteiger partial charge in [-0.1, -0.05) is 6.07 Å². The molecule has 2 aromatic rings. The number of hydrogen-bond donors (Lipinski definition) is 2. The van der Waals surface area contributed by atoms with Crippen LogP contribution in [0.1, 0.15) is 37.3 Å². The van der Waals surface area contributed by atoms with Gasteiger partial charge in [0.1, 0.15) is 6.04 Å². The SMILES string of the molecule is Cn1c(=O)n(C2CCC(=O)NC2=O)c2ccc(CCCOCCCO)cc21. The summed E-state index contributed by atoms with van der Waals surface area (Å²) >= 11 is 0. The Hall–Kier alpha value is -2.45. The maximum Gasteiger partial charge on any atom is 0.329 e. The van der Waals surface area contributed by atoms with Crippen LogP contribution in [0.15, 0.2) is 23.0 Å². The Morgan fingerprint density at radius 1 is 1.19 bits per heavy atom. The van der Waals surface area contributed by atoms with Crippen LogP contribution in [0.4, 0.5) is 0 Å². The van der Waals surface area contributed by atoms with Crippen molar-refractivity contribution in [3.8, 4) is 0 Å². The molecule has 8 heteroatoms. The number of aliphatic hydroxyl groups excluding tert-OH is 1. The number of aromatic nitrogens is 2. The predicted molar refractivity (Wildman–Crippen MR) is 99.4 cm³/mol. The van der Waals surface area contributed by atoms with E-state index in [1.807, 2.05) is 18.2 Å². The van der Waals surface area contributed by atoms with Crippen LogP contribution in [0.25, 0.3) is 11.0 Å². The summed E-state index contributed by atoms with van der Waals surface area (Å²) in [6, 6.07) is 5.12. The fourth-order valence-electron chi connectivity index (χ4n) is 3.44. The van der Waals surface area contributed by atoms with E-state index in [2.05, 4.69) is 5.32 Å². The van der Waals surface area contributed by atoms with Crippen LogP contribution in [-0.2, 0) is 27.8 Å². The first-order valence-corrected chi connectivity index (χ1v) is 9.25. The van der Waals surface area contributed by atoms with Crippen molar-refractivity contribution in [2.45, 2.75) is 38.1 Å². The zero-order valence-electron chi connectivity index (χ0n) is 15.4. The summed E-state index contributed by atoms with van der Waals surface area (Å²) in [6.45, 7) is 1.31. The molecule has 0 aliphatic carbocycles. The van der Waals surface area contributed by atoms with Crippen LogP contribution in [0.2, 0.25) is 0 Å². The fraction of sp³-hybridized carbons (Fsp3) is 0.526. The van der Waals surface area contributed by atoms with Crippen molar-refractivity contribution in [3.05, 3.63) is 34.2 Å². The van der Waals surface area contributed by atoms with Gasteiger partial charge in [-0.3, -0.25) is 24.0 Å². The molecule has 0 radical (unpaired) electrons. The van der Waals surface area contributed by atoms with Gasteiger partial charge in [0.2, 0.25) is 11.8 Å². The number of nitrogens with one attached hydrogen (secondary N) is 1. The van der Waals surface area contributed by atoms with E-state index in [-0.39, 0.29) is 24.6 Å². The van der Waals surface area contributed by atoms with Gasteiger partial charge in [-0.15, -0.1) is 0 Å². The molecular weight excluding hydrogens is 350 g/mol. The van der Waals surface area contributed by atoms with Gasteiger partial charge in [-0.25, -0.2) is 4.79 Å². The third-order valence-electron chi connectivity index (χ3n) is 4.88.